The monoisotopic (exact) mass is 254 g/mol. The molecule has 106 valence electrons. The Morgan fingerprint density at radius 1 is 1.33 bits per heavy atom. The summed E-state index contributed by atoms with van der Waals surface area (Å²) in [6.45, 7) is 11.2. The van der Waals surface area contributed by atoms with Crippen LogP contribution in [0.1, 0.15) is 40.0 Å². The first-order valence-electron chi connectivity index (χ1n) is 7.10. The van der Waals surface area contributed by atoms with Gasteiger partial charge in [0, 0.05) is 31.1 Å². The number of piperazine rings is 1. The van der Waals surface area contributed by atoms with Crippen LogP contribution in [0.4, 0.5) is 0 Å². The van der Waals surface area contributed by atoms with Gasteiger partial charge in [-0.2, -0.15) is 0 Å². The molecule has 0 spiro atoms. The first-order chi connectivity index (χ1) is 8.33. The maximum Gasteiger partial charge on any atom is 0.0963 e. The van der Waals surface area contributed by atoms with Crippen molar-refractivity contribution < 1.29 is 0 Å². The van der Waals surface area contributed by atoms with Crippen LogP contribution in [-0.4, -0.2) is 54.9 Å². The number of nitrogens with two attached hydrogens (primary N) is 1. The molecule has 0 aliphatic carbocycles. The molecule has 1 heterocycles. The zero-order valence-corrected chi connectivity index (χ0v) is 12.5. The quantitative estimate of drug-likeness (QED) is 0.431. The number of unbranched alkanes of at least 4 members (excludes halogenated alkanes) is 1. The Morgan fingerprint density at radius 3 is 2.56 bits per heavy atom. The van der Waals surface area contributed by atoms with Crippen LogP contribution in [-0.2, 0) is 0 Å². The van der Waals surface area contributed by atoms with E-state index in [1.54, 1.807) is 0 Å². The van der Waals surface area contributed by atoms with Crippen LogP contribution in [0.25, 0.3) is 0 Å². The summed E-state index contributed by atoms with van der Waals surface area (Å²) >= 11 is 0. The lowest BCUT2D eigenvalue weighted by atomic mass is 9.86. The van der Waals surface area contributed by atoms with E-state index in [2.05, 4.69) is 37.6 Å². The van der Waals surface area contributed by atoms with E-state index in [0.717, 1.165) is 12.8 Å². The molecule has 1 unspecified atom stereocenters. The third kappa shape index (κ3) is 4.58. The fourth-order valence-electron chi connectivity index (χ4n) is 2.53. The van der Waals surface area contributed by atoms with Crippen molar-refractivity contribution in [3.05, 3.63) is 0 Å². The van der Waals surface area contributed by atoms with Gasteiger partial charge in [-0.25, -0.2) is 0 Å². The van der Waals surface area contributed by atoms with Gasteiger partial charge < -0.3 is 10.6 Å². The van der Waals surface area contributed by atoms with E-state index in [1.165, 1.54) is 32.6 Å². The second-order valence-corrected chi connectivity index (χ2v) is 6.40. The van der Waals surface area contributed by atoms with Crippen molar-refractivity contribution in [3.63, 3.8) is 0 Å². The number of hydrogen-bond donors (Lipinski definition) is 2. The second-order valence-electron chi connectivity index (χ2n) is 6.40. The molecule has 1 rings (SSSR count). The van der Waals surface area contributed by atoms with Crippen molar-refractivity contribution in [2.75, 3.05) is 33.2 Å². The maximum atomic E-state index is 7.54. The van der Waals surface area contributed by atoms with Crippen molar-refractivity contribution in [3.8, 4) is 0 Å². The molecule has 4 nitrogen and oxygen atoms in total. The van der Waals surface area contributed by atoms with Crippen molar-refractivity contribution in [1.29, 1.82) is 5.41 Å². The number of likely N-dealkylation sites (N-methyl/N-ethyl adjacent to an activating group) is 1. The van der Waals surface area contributed by atoms with Gasteiger partial charge in [-0.15, -0.1) is 0 Å². The summed E-state index contributed by atoms with van der Waals surface area (Å²) in [5.41, 5.74) is 5.47. The fourth-order valence-corrected chi connectivity index (χ4v) is 2.53. The van der Waals surface area contributed by atoms with E-state index in [9.17, 15) is 0 Å². The zero-order valence-electron chi connectivity index (χ0n) is 12.5. The van der Waals surface area contributed by atoms with Gasteiger partial charge in [0.15, 0.2) is 0 Å². The minimum atomic E-state index is -0.131. The molecule has 0 aromatic carbocycles. The van der Waals surface area contributed by atoms with Crippen LogP contribution in [0.2, 0.25) is 0 Å². The largest absolute Gasteiger partial charge is 0.387 e. The van der Waals surface area contributed by atoms with Crippen molar-refractivity contribution in [2.45, 2.75) is 46.1 Å². The first kappa shape index (κ1) is 15.4. The number of amidine groups is 1. The van der Waals surface area contributed by atoms with E-state index in [4.69, 9.17) is 11.1 Å². The van der Waals surface area contributed by atoms with Crippen LogP contribution in [0.15, 0.2) is 0 Å². The second kappa shape index (κ2) is 6.53. The normalized spacial score (nSPS) is 23.2. The topological polar surface area (TPSA) is 56.4 Å². The molecule has 0 aromatic heterocycles. The molecule has 1 fully saturated rings. The summed E-state index contributed by atoms with van der Waals surface area (Å²) in [6.07, 6.45) is 3.39. The summed E-state index contributed by atoms with van der Waals surface area (Å²) in [7, 11) is 2.20. The molecule has 1 aliphatic heterocycles. The predicted octanol–water partition coefficient (Wildman–Crippen LogP) is 1.75. The van der Waals surface area contributed by atoms with Gasteiger partial charge in [0.25, 0.3) is 0 Å². The molecule has 0 amide bonds. The van der Waals surface area contributed by atoms with Gasteiger partial charge in [-0.3, -0.25) is 10.3 Å². The van der Waals surface area contributed by atoms with Gasteiger partial charge in [0.2, 0.25) is 0 Å². The smallest absolute Gasteiger partial charge is 0.0963 e. The molecule has 3 N–H and O–H groups in total. The van der Waals surface area contributed by atoms with E-state index in [0.29, 0.717) is 11.9 Å². The highest BCUT2D eigenvalue weighted by Gasteiger charge is 2.23. The van der Waals surface area contributed by atoms with Gasteiger partial charge in [0.05, 0.1) is 5.84 Å². The van der Waals surface area contributed by atoms with Crippen LogP contribution in [0.5, 0.6) is 0 Å². The third-order valence-electron chi connectivity index (χ3n) is 4.19. The lowest BCUT2D eigenvalue weighted by Gasteiger charge is -2.38. The Bertz CT molecular complexity index is 275. The van der Waals surface area contributed by atoms with Gasteiger partial charge in [0.1, 0.15) is 0 Å². The molecule has 1 aliphatic rings. The maximum absolute atomic E-state index is 7.54. The van der Waals surface area contributed by atoms with E-state index < -0.39 is 0 Å². The number of rotatable bonds is 6. The van der Waals surface area contributed by atoms with Crippen LogP contribution in [0, 0.1) is 10.8 Å². The molecule has 0 bridgehead atoms. The van der Waals surface area contributed by atoms with Crippen molar-refractivity contribution >= 4 is 5.84 Å². The number of hydrogen-bond acceptors (Lipinski definition) is 3. The molecule has 1 saturated heterocycles. The summed E-state index contributed by atoms with van der Waals surface area (Å²) in [5, 5.41) is 7.54. The standard InChI is InChI=1S/C14H30N4/c1-12-11-17(4)9-10-18(12)8-6-5-7-14(2,3)13(15)16/h12H,5-11H2,1-4H3,(H3,15,16). The summed E-state index contributed by atoms with van der Waals surface area (Å²) < 4.78 is 0. The molecule has 4 heteroatoms. The van der Waals surface area contributed by atoms with Gasteiger partial charge >= 0.3 is 0 Å². The number of nitrogens with zero attached hydrogens (tertiary/aromatic N) is 2. The molecule has 1 atom stereocenters. The van der Waals surface area contributed by atoms with Crippen molar-refractivity contribution in [1.82, 2.24) is 9.80 Å². The molecular formula is C14H30N4. The summed E-state index contributed by atoms with van der Waals surface area (Å²) in [6, 6.07) is 0.671. The lowest BCUT2D eigenvalue weighted by Crippen LogP contribution is -2.50. The lowest BCUT2D eigenvalue weighted by molar-refractivity contribution is 0.0979. The Labute approximate surface area is 112 Å². The fraction of sp³-hybridized carbons (Fsp3) is 0.929. The summed E-state index contributed by atoms with van der Waals surface area (Å²) in [4.78, 5) is 4.99. The minimum absolute atomic E-state index is 0.131. The molecule has 0 aromatic rings. The Balaban J connectivity index is 2.20. The highest BCUT2D eigenvalue weighted by Crippen LogP contribution is 2.23. The van der Waals surface area contributed by atoms with Crippen LogP contribution in [0.3, 0.4) is 0 Å². The Hall–Kier alpha value is -0.610. The minimum Gasteiger partial charge on any atom is -0.387 e. The van der Waals surface area contributed by atoms with Crippen molar-refractivity contribution in [2.24, 2.45) is 11.1 Å². The SMILES string of the molecule is CC1CN(C)CCN1CCCCC(C)(C)C(=N)N. The van der Waals surface area contributed by atoms with Gasteiger partial charge in [-0.05, 0) is 33.4 Å². The molecular weight excluding hydrogens is 224 g/mol. The first-order valence-corrected chi connectivity index (χ1v) is 7.10. The molecule has 0 saturated carbocycles. The zero-order chi connectivity index (χ0) is 13.8. The Morgan fingerprint density at radius 2 is 2.00 bits per heavy atom. The highest BCUT2D eigenvalue weighted by molar-refractivity contribution is 5.82. The van der Waals surface area contributed by atoms with E-state index in [1.807, 2.05) is 0 Å². The third-order valence-corrected chi connectivity index (χ3v) is 4.19. The number of nitrogens with one attached hydrogen (secondary N) is 1. The van der Waals surface area contributed by atoms with E-state index in [-0.39, 0.29) is 5.41 Å². The van der Waals surface area contributed by atoms with Crippen LogP contribution >= 0.6 is 0 Å². The predicted molar refractivity (Wildman–Crippen MR) is 78.1 cm³/mol. The molecule has 0 radical (unpaired) electrons. The highest BCUT2D eigenvalue weighted by atomic mass is 15.3. The van der Waals surface area contributed by atoms with Gasteiger partial charge in [-0.1, -0.05) is 20.3 Å². The average molecular weight is 254 g/mol. The average Bonchev–Trinajstić information content (AvgIpc) is 2.26. The summed E-state index contributed by atoms with van der Waals surface area (Å²) in [5.74, 6) is 0.315. The van der Waals surface area contributed by atoms with E-state index >= 15 is 0 Å². The Kier molecular flexibility index (Phi) is 5.60. The molecule has 18 heavy (non-hydrogen) atoms. The van der Waals surface area contributed by atoms with Crippen LogP contribution < -0.4 is 5.73 Å².